The Bertz CT molecular complexity index is 1310. The molecular weight excluding hydrogens is 827 g/mol. The van der Waals surface area contributed by atoms with Crippen molar-refractivity contribution in [2.24, 2.45) is 0 Å². The molecule has 0 aromatic carbocycles. The maximum absolute atomic E-state index is 12.8. The SMILES string of the molecule is CC/C=C\C/C=C\C/C=C\C/C=C\C/C=C\CCCCCCCCCCCCCCCCCC(=O)OC(COC(=O)CCCCCCC/C=C\CCC)COC(OCC[N+](C)(C)C)C(=O)[O-]. The van der Waals surface area contributed by atoms with E-state index < -0.39 is 24.3 Å². The number of rotatable bonds is 48. The predicted octanol–water partition coefficient (Wildman–Crippen LogP) is 13.7. The highest BCUT2D eigenvalue weighted by Crippen LogP contribution is 2.15. The van der Waals surface area contributed by atoms with Crippen molar-refractivity contribution in [1.29, 1.82) is 0 Å². The first kappa shape index (κ1) is 62.7. The topological polar surface area (TPSA) is 111 Å². The van der Waals surface area contributed by atoms with Gasteiger partial charge in [-0.1, -0.05) is 196 Å². The molecule has 0 amide bonds. The number of carbonyl (C=O) groups is 3. The van der Waals surface area contributed by atoms with E-state index in [1.807, 2.05) is 21.1 Å². The molecule has 0 spiro atoms. The highest BCUT2D eigenvalue weighted by Gasteiger charge is 2.22. The number of esters is 2. The summed E-state index contributed by atoms with van der Waals surface area (Å²) in [6.07, 6.45) is 58.2. The van der Waals surface area contributed by atoms with Gasteiger partial charge >= 0.3 is 11.9 Å². The van der Waals surface area contributed by atoms with Gasteiger partial charge in [-0.15, -0.1) is 0 Å². The van der Waals surface area contributed by atoms with Crippen LogP contribution in [0.1, 0.15) is 213 Å². The van der Waals surface area contributed by atoms with Gasteiger partial charge in [-0.05, 0) is 77.0 Å². The van der Waals surface area contributed by atoms with Crippen molar-refractivity contribution >= 4 is 17.9 Å². The number of unbranched alkanes of at least 4 members (excludes halogenated alkanes) is 21. The Morgan fingerprint density at radius 2 is 0.864 bits per heavy atom. The van der Waals surface area contributed by atoms with Gasteiger partial charge in [-0.2, -0.15) is 0 Å². The molecule has 0 aliphatic heterocycles. The maximum atomic E-state index is 12.8. The Kier molecular flexibility index (Phi) is 45.8. The average molecular weight is 926 g/mol. The van der Waals surface area contributed by atoms with Crippen molar-refractivity contribution in [1.82, 2.24) is 0 Å². The summed E-state index contributed by atoms with van der Waals surface area (Å²) >= 11 is 0. The Labute approximate surface area is 405 Å². The van der Waals surface area contributed by atoms with Crippen LogP contribution in [0.4, 0.5) is 0 Å². The Morgan fingerprint density at radius 1 is 0.470 bits per heavy atom. The van der Waals surface area contributed by atoms with Crippen molar-refractivity contribution in [3.05, 3.63) is 72.9 Å². The molecule has 0 aliphatic rings. The van der Waals surface area contributed by atoms with Crippen molar-refractivity contribution in [2.75, 3.05) is 47.5 Å². The van der Waals surface area contributed by atoms with E-state index in [9.17, 15) is 19.5 Å². The van der Waals surface area contributed by atoms with E-state index in [4.69, 9.17) is 18.9 Å². The van der Waals surface area contributed by atoms with Crippen LogP contribution in [0.5, 0.6) is 0 Å². The van der Waals surface area contributed by atoms with Gasteiger partial charge in [-0.3, -0.25) is 9.59 Å². The third kappa shape index (κ3) is 48.7. The number of hydrogen-bond donors (Lipinski definition) is 0. The molecule has 0 aromatic heterocycles. The number of carboxylic acids is 1. The standard InChI is InChI=1S/C57H99NO8/c1-6-8-10-12-14-16-18-19-20-21-22-23-24-25-26-27-28-29-30-31-32-33-34-35-36-37-38-40-42-44-46-48-55(60)66-53(52-65-57(56(61)62)63-50-49-58(3,4)5)51-64-54(59)47-45-43-41-39-17-15-13-11-9-7-2/h8,10-11,13-14,16,19-20,22-23,25-26,53,57H,6-7,9,12,15,17-18,21,24,27-52H2,1-5H3/b10-8-,13-11-,16-14-,20-19-,23-22-,26-25-. The van der Waals surface area contributed by atoms with Gasteiger partial charge in [-0.25, -0.2) is 0 Å². The van der Waals surface area contributed by atoms with E-state index in [0.717, 1.165) is 96.3 Å². The van der Waals surface area contributed by atoms with Crippen molar-refractivity contribution in [3.8, 4) is 0 Å². The quantitative estimate of drug-likeness (QED) is 0.0195. The summed E-state index contributed by atoms with van der Waals surface area (Å²) < 4.78 is 22.6. The molecule has 0 bridgehead atoms. The van der Waals surface area contributed by atoms with Gasteiger partial charge < -0.3 is 33.3 Å². The molecule has 0 saturated carbocycles. The van der Waals surface area contributed by atoms with Gasteiger partial charge in [0.15, 0.2) is 12.4 Å². The minimum atomic E-state index is -1.62. The fourth-order valence-electron chi connectivity index (χ4n) is 7.09. The number of nitrogens with zero attached hydrogens (tertiary/aromatic N) is 1. The molecule has 0 radical (unpaired) electrons. The first-order chi connectivity index (χ1) is 32.1. The summed E-state index contributed by atoms with van der Waals surface area (Å²) in [5.74, 6) is -2.30. The fraction of sp³-hybridized carbons (Fsp3) is 0.737. The van der Waals surface area contributed by atoms with Gasteiger partial charge in [0.25, 0.3) is 0 Å². The smallest absolute Gasteiger partial charge is 0.306 e. The van der Waals surface area contributed by atoms with E-state index in [2.05, 4.69) is 86.8 Å². The second kappa shape index (κ2) is 48.2. The lowest BCUT2D eigenvalue weighted by Gasteiger charge is -2.26. The maximum Gasteiger partial charge on any atom is 0.306 e. The van der Waals surface area contributed by atoms with Gasteiger partial charge in [0, 0.05) is 12.8 Å². The molecule has 9 nitrogen and oxygen atoms in total. The predicted molar refractivity (Wildman–Crippen MR) is 274 cm³/mol. The average Bonchev–Trinajstić information content (AvgIpc) is 3.28. The minimum Gasteiger partial charge on any atom is -0.545 e. The largest absolute Gasteiger partial charge is 0.545 e. The van der Waals surface area contributed by atoms with Gasteiger partial charge in [0.05, 0.1) is 40.3 Å². The van der Waals surface area contributed by atoms with Crippen molar-refractivity contribution in [2.45, 2.75) is 225 Å². The van der Waals surface area contributed by atoms with Gasteiger partial charge in [0.2, 0.25) is 0 Å². The van der Waals surface area contributed by atoms with E-state index in [-0.39, 0.29) is 38.6 Å². The van der Waals surface area contributed by atoms with Crippen molar-refractivity contribution < 1.29 is 42.9 Å². The van der Waals surface area contributed by atoms with Crippen LogP contribution in [0, 0.1) is 0 Å². The Morgan fingerprint density at radius 3 is 1.30 bits per heavy atom. The third-order valence-electron chi connectivity index (χ3n) is 11.2. The van der Waals surface area contributed by atoms with Crippen LogP contribution in [0.25, 0.3) is 0 Å². The van der Waals surface area contributed by atoms with E-state index in [1.165, 1.54) is 83.5 Å². The lowest BCUT2D eigenvalue weighted by atomic mass is 10.0. The number of ether oxygens (including phenoxy) is 4. The molecule has 9 heteroatoms. The van der Waals surface area contributed by atoms with Crippen LogP contribution < -0.4 is 5.11 Å². The van der Waals surface area contributed by atoms with Crippen LogP contribution in [0.3, 0.4) is 0 Å². The zero-order valence-corrected chi connectivity index (χ0v) is 43.0. The lowest BCUT2D eigenvalue weighted by Crippen LogP contribution is -2.44. The molecule has 2 unspecified atom stereocenters. The van der Waals surface area contributed by atoms with E-state index in [1.54, 1.807) is 0 Å². The Balaban J connectivity index is 4.12. The second-order valence-electron chi connectivity index (χ2n) is 18.8. The number of aliphatic carboxylic acids is 1. The summed E-state index contributed by atoms with van der Waals surface area (Å²) in [5, 5.41) is 11.7. The normalized spacial score (nSPS) is 13.4. The summed E-state index contributed by atoms with van der Waals surface area (Å²) in [5.41, 5.74) is 0. The number of likely N-dealkylation sites (N-methyl/N-ethyl adjacent to an activating group) is 1. The molecule has 0 aliphatic carbocycles. The molecule has 0 saturated heterocycles. The second-order valence-corrected chi connectivity index (χ2v) is 18.8. The molecule has 380 valence electrons. The number of carboxylic acid groups (broad SMARTS) is 1. The monoisotopic (exact) mass is 926 g/mol. The molecule has 0 fully saturated rings. The molecule has 0 heterocycles. The van der Waals surface area contributed by atoms with Crippen molar-refractivity contribution in [3.63, 3.8) is 0 Å². The first-order valence-corrected chi connectivity index (χ1v) is 26.6. The number of carbonyl (C=O) groups excluding carboxylic acids is 3. The number of quaternary nitrogens is 1. The summed E-state index contributed by atoms with van der Waals surface area (Å²) in [7, 11) is 5.91. The summed E-state index contributed by atoms with van der Waals surface area (Å²) in [4.78, 5) is 37.0. The van der Waals surface area contributed by atoms with Crippen LogP contribution in [-0.4, -0.2) is 82.3 Å². The summed E-state index contributed by atoms with van der Waals surface area (Å²) in [6, 6.07) is 0. The Hall–Kier alpha value is -3.27. The molecule has 0 aromatic rings. The molecule has 2 atom stereocenters. The minimum absolute atomic E-state index is 0.145. The van der Waals surface area contributed by atoms with Gasteiger partial charge in [0.1, 0.15) is 13.2 Å². The highest BCUT2D eigenvalue weighted by molar-refractivity contribution is 5.70. The van der Waals surface area contributed by atoms with Crippen LogP contribution in [0.2, 0.25) is 0 Å². The zero-order valence-electron chi connectivity index (χ0n) is 43.0. The first-order valence-electron chi connectivity index (χ1n) is 26.6. The molecule has 66 heavy (non-hydrogen) atoms. The lowest BCUT2D eigenvalue weighted by molar-refractivity contribution is -0.870. The van der Waals surface area contributed by atoms with E-state index >= 15 is 0 Å². The van der Waals surface area contributed by atoms with Crippen LogP contribution in [-0.2, 0) is 33.3 Å². The summed E-state index contributed by atoms with van der Waals surface area (Å²) in [6.45, 7) is 4.55. The fourth-order valence-corrected chi connectivity index (χ4v) is 7.09. The van der Waals surface area contributed by atoms with E-state index in [0.29, 0.717) is 17.4 Å². The van der Waals surface area contributed by atoms with Crippen LogP contribution >= 0.6 is 0 Å². The molecular formula is C57H99NO8. The zero-order chi connectivity index (χ0) is 48.4. The number of allylic oxidation sites excluding steroid dienone is 12. The van der Waals surface area contributed by atoms with Crippen LogP contribution in [0.15, 0.2) is 72.9 Å². The third-order valence-corrected chi connectivity index (χ3v) is 11.2. The molecule has 0 N–H and O–H groups in total. The molecule has 0 rings (SSSR count). The number of hydrogen-bond acceptors (Lipinski definition) is 8. The highest BCUT2D eigenvalue weighted by atomic mass is 16.7.